The van der Waals surface area contributed by atoms with Crippen molar-refractivity contribution in [1.82, 2.24) is 0 Å². The first kappa shape index (κ1) is 11.2. The molecule has 88 valence electrons. The van der Waals surface area contributed by atoms with E-state index >= 15 is 0 Å². The molecule has 0 spiro atoms. The predicted octanol–water partition coefficient (Wildman–Crippen LogP) is 1.92. The maximum absolute atomic E-state index is 13.3. The summed E-state index contributed by atoms with van der Waals surface area (Å²) in [5.74, 6) is -0.736. The SMILES string of the molecule is COc1c(F)ccc(C2(CN)CCC2)c1O. The van der Waals surface area contributed by atoms with Crippen molar-refractivity contribution >= 4 is 0 Å². The Morgan fingerprint density at radius 3 is 2.62 bits per heavy atom. The molecule has 0 amide bonds. The van der Waals surface area contributed by atoms with Gasteiger partial charge < -0.3 is 15.6 Å². The van der Waals surface area contributed by atoms with Crippen LogP contribution in [0.4, 0.5) is 4.39 Å². The highest BCUT2D eigenvalue weighted by Gasteiger charge is 2.40. The van der Waals surface area contributed by atoms with Gasteiger partial charge in [0.25, 0.3) is 0 Å². The number of benzene rings is 1. The zero-order valence-corrected chi connectivity index (χ0v) is 9.29. The van der Waals surface area contributed by atoms with Crippen LogP contribution < -0.4 is 10.5 Å². The number of hydrogen-bond donors (Lipinski definition) is 2. The maximum Gasteiger partial charge on any atom is 0.196 e. The van der Waals surface area contributed by atoms with Gasteiger partial charge in [0.15, 0.2) is 17.3 Å². The zero-order valence-electron chi connectivity index (χ0n) is 9.29. The van der Waals surface area contributed by atoms with Crippen molar-refractivity contribution in [2.45, 2.75) is 24.7 Å². The summed E-state index contributed by atoms with van der Waals surface area (Å²) in [4.78, 5) is 0. The summed E-state index contributed by atoms with van der Waals surface area (Å²) in [5.41, 5.74) is 6.27. The van der Waals surface area contributed by atoms with Crippen molar-refractivity contribution in [3.8, 4) is 11.5 Å². The van der Waals surface area contributed by atoms with Gasteiger partial charge in [-0.3, -0.25) is 0 Å². The second-order valence-corrected chi connectivity index (χ2v) is 4.31. The second-order valence-electron chi connectivity index (χ2n) is 4.31. The summed E-state index contributed by atoms with van der Waals surface area (Å²) in [6.45, 7) is 0.468. The Bertz CT molecular complexity index is 397. The van der Waals surface area contributed by atoms with Crippen LogP contribution in [0.5, 0.6) is 11.5 Å². The Hall–Kier alpha value is -1.29. The van der Waals surface area contributed by atoms with Crippen molar-refractivity contribution < 1.29 is 14.2 Å². The minimum Gasteiger partial charge on any atom is -0.504 e. The lowest BCUT2D eigenvalue weighted by Crippen LogP contribution is -2.41. The highest BCUT2D eigenvalue weighted by molar-refractivity contribution is 5.51. The van der Waals surface area contributed by atoms with Gasteiger partial charge in [0.05, 0.1) is 7.11 Å². The summed E-state index contributed by atoms with van der Waals surface area (Å²) in [7, 11) is 1.35. The molecular formula is C12H16FNO2. The van der Waals surface area contributed by atoms with E-state index in [1.807, 2.05) is 0 Å². The molecule has 0 radical (unpaired) electrons. The second kappa shape index (κ2) is 3.94. The molecule has 0 bridgehead atoms. The number of nitrogens with two attached hydrogens (primary N) is 1. The molecule has 0 unspecified atom stereocenters. The van der Waals surface area contributed by atoms with Gasteiger partial charge in [-0.1, -0.05) is 12.5 Å². The van der Waals surface area contributed by atoms with Crippen LogP contribution >= 0.6 is 0 Å². The molecule has 1 aliphatic carbocycles. The van der Waals surface area contributed by atoms with Crippen molar-refractivity contribution in [3.63, 3.8) is 0 Å². The molecule has 1 aliphatic rings. The monoisotopic (exact) mass is 225 g/mol. The van der Waals surface area contributed by atoms with Crippen molar-refractivity contribution in [3.05, 3.63) is 23.5 Å². The molecule has 0 aromatic heterocycles. The Balaban J connectivity index is 2.49. The molecule has 1 fully saturated rings. The average molecular weight is 225 g/mol. The molecule has 1 saturated carbocycles. The first-order chi connectivity index (χ1) is 7.64. The number of methoxy groups -OCH3 is 1. The molecule has 2 rings (SSSR count). The minimum atomic E-state index is -0.546. The smallest absolute Gasteiger partial charge is 0.196 e. The van der Waals surface area contributed by atoms with Crippen LogP contribution in [-0.2, 0) is 5.41 Å². The van der Waals surface area contributed by atoms with E-state index in [0.29, 0.717) is 12.1 Å². The Kier molecular flexibility index (Phi) is 2.76. The topological polar surface area (TPSA) is 55.5 Å². The number of phenolic OH excluding ortho intramolecular Hbond substituents is 1. The molecule has 1 aromatic rings. The molecular weight excluding hydrogens is 209 g/mol. The minimum absolute atomic E-state index is 0.0859. The fourth-order valence-electron chi connectivity index (χ4n) is 2.36. The van der Waals surface area contributed by atoms with Crippen molar-refractivity contribution in [2.75, 3.05) is 13.7 Å². The van der Waals surface area contributed by atoms with E-state index in [-0.39, 0.29) is 16.9 Å². The van der Waals surface area contributed by atoms with E-state index in [2.05, 4.69) is 0 Å². The molecule has 3 N–H and O–H groups in total. The van der Waals surface area contributed by atoms with Crippen LogP contribution in [0.1, 0.15) is 24.8 Å². The van der Waals surface area contributed by atoms with E-state index in [4.69, 9.17) is 10.5 Å². The molecule has 0 atom stereocenters. The first-order valence-corrected chi connectivity index (χ1v) is 5.40. The van der Waals surface area contributed by atoms with Gasteiger partial charge in [0, 0.05) is 17.5 Å². The van der Waals surface area contributed by atoms with E-state index in [9.17, 15) is 9.50 Å². The van der Waals surface area contributed by atoms with Crippen LogP contribution in [0, 0.1) is 5.82 Å². The van der Waals surface area contributed by atoms with Crippen LogP contribution in [0.15, 0.2) is 12.1 Å². The third-order valence-electron chi connectivity index (χ3n) is 3.56. The summed E-state index contributed by atoms with van der Waals surface area (Å²) < 4.78 is 18.2. The summed E-state index contributed by atoms with van der Waals surface area (Å²) in [6.07, 6.45) is 2.97. The lowest BCUT2D eigenvalue weighted by Gasteiger charge is -2.41. The molecule has 0 heterocycles. The quantitative estimate of drug-likeness (QED) is 0.826. The van der Waals surface area contributed by atoms with Gasteiger partial charge in [-0.05, 0) is 18.9 Å². The average Bonchev–Trinajstić information content (AvgIpc) is 2.21. The number of phenols is 1. The third-order valence-corrected chi connectivity index (χ3v) is 3.56. The Morgan fingerprint density at radius 1 is 1.50 bits per heavy atom. The van der Waals surface area contributed by atoms with Gasteiger partial charge in [-0.25, -0.2) is 4.39 Å². The van der Waals surface area contributed by atoms with E-state index in [1.54, 1.807) is 6.07 Å². The van der Waals surface area contributed by atoms with E-state index in [0.717, 1.165) is 19.3 Å². The lowest BCUT2D eigenvalue weighted by molar-refractivity contribution is 0.241. The maximum atomic E-state index is 13.3. The highest BCUT2D eigenvalue weighted by Crippen LogP contribution is 2.48. The Morgan fingerprint density at radius 2 is 2.19 bits per heavy atom. The van der Waals surface area contributed by atoms with Crippen LogP contribution in [-0.4, -0.2) is 18.8 Å². The van der Waals surface area contributed by atoms with Gasteiger partial charge >= 0.3 is 0 Å². The van der Waals surface area contributed by atoms with Gasteiger partial charge in [-0.15, -0.1) is 0 Å². The van der Waals surface area contributed by atoms with E-state index in [1.165, 1.54) is 13.2 Å². The first-order valence-electron chi connectivity index (χ1n) is 5.40. The third kappa shape index (κ3) is 1.45. The molecule has 16 heavy (non-hydrogen) atoms. The number of rotatable bonds is 3. The standard InChI is InChI=1S/C12H16FNO2/c1-16-11-9(13)4-3-8(10(11)15)12(7-14)5-2-6-12/h3-4,15H,2,5-7,14H2,1H3. The number of halogens is 1. The van der Waals surface area contributed by atoms with Crippen LogP contribution in [0.3, 0.4) is 0 Å². The number of hydrogen-bond acceptors (Lipinski definition) is 3. The van der Waals surface area contributed by atoms with E-state index < -0.39 is 5.82 Å². The molecule has 4 heteroatoms. The zero-order chi connectivity index (χ0) is 11.8. The predicted molar refractivity (Wildman–Crippen MR) is 59.2 cm³/mol. The number of aromatic hydroxyl groups is 1. The summed E-state index contributed by atoms with van der Waals surface area (Å²) in [6, 6.07) is 2.93. The van der Waals surface area contributed by atoms with Gasteiger partial charge in [-0.2, -0.15) is 0 Å². The molecule has 1 aromatic carbocycles. The van der Waals surface area contributed by atoms with Crippen molar-refractivity contribution in [2.24, 2.45) is 5.73 Å². The highest BCUT2D eigenvalue weighted by atomic mass is 19.1. The van der Waals surface area contributed by atoms with Crippen LogP contribution in [0.25, 0.3) is 0 Å². The van der Waals surface area contributed by atoms with Crippen molar-refractivity contribution in [1.29, 1.82) is 0 Å². The lowest BCUT2D eigenvalue weighted by atomic mass is 9.64. The van der Waals surface area contributed by atoms with Crippen LogP contribution in [0.2, 0.25) is 0 Å². The Labute approximate surface area is 94.0 Å². The summed E-state index contributed by atoms with van der Waals surface area (Å²) in [5, 5.41) is 9.98. The van der Waals surface area contributed by atoms with Gasteiger partial charge in [0.2, 0.25) is 0 Å². The van der Waals surface area contributed by atoms with Gasteiger partial charge in [0.1, 0.15) is 0 Å². The molecule has 0 aliphatic heterocycles. The normalized spacial score (nSPS) is 17.9. The largest absolute Gasteiger partial charge is 0.504 e. The molecule has 0 saturated heterocycles. The fourth-order valence-corrected chi connectivity index (χ4v) is 2.36. The fraction of sp³-hybridized carbons (Fsp3) is 0.500. The molecule has 3 nitrogen and oxygen atoms in total. The number of ether oxygens (including phenoxy) is 1. The summed E-state index contributed by atoms with van der Waals surface area (Å²) >= 11 is 0.